The maximum atomic E-state index is 8.61. The van der Waals surface area contributed by atoms with Gasteiger partial charge in [0.2, 0.25) is 0 Å². The number of aliphatic hydroxyl groups excluding tert-OH is 1. The van der Waals surface area contributed by atoms with Gasteiger partial charge in [0, 0.05) is 0 Å². The first kappa shape index (κ1) is 7.27. The maximum absolute atomic E-state index is 8.61. The van der Waals surface area contributed by atoms with Crippen LogP contribution in [0.4, 0.5) is 0 Å². The topological polar surface area (TPSA) is 46.2 Å². The lowest BCUT2D eigenvalue weighted by atomic mass is 10.8. The third-order valence-electron chi connectivity index (χ3n) is 0.412. The van der Waals surface area contributed by atoms with E-state index in [1.165, 1.54) is 11.8 Å². The van der Waals surface area contributed by atoms with Gasteiger partial charge in [-0.2, -0.15) is 0 Å². The Morgan fingerprint density at radius 2 is 2.00 bits per heavy atom. The fraction of sp³-hybridized carbons (Fsp3) is 1.00. The molecule has 0 radical (unpaired) electrons. The van der Waals surface area contributed by atoms with Gasteiger partial charge in [-0.05, 0) is 13.8 Å². The van der Waals surface area contributed by atoms with Crippen molar-refractivity contribution in [2.24, 2.45) is 5.73 Å². The second kappa shape index (κ2) is 3.29. The van der Waals surface area contributed by atoms with Gasteiger partial charge in [-0.1, -0.05) is 0 Å². The van der Waals surface area contributed by atoms with Gasteiger partial charge in [-0.15, -0.1) is 11.8 Å². The van der Waals surface area contributed by atoms with Gasteiger partial charge in [0.25, 0.3) is 0 Å². The lowest BCUT2D eigenvalue weighted by Gasteiger charge is -2.05. The van der Waals surface area contributed by atoms with E-state index in [0.29, 0.717) is 0 Å². The summed E-state index contributed by atoms with van der Waals surface area (Å²) in [4.78, 5) is 0. The van der Waals surface area contributed by atoms with Crippen LogP contribution in [0.5, 0.6) is 0 Å². The summed E-state index contributed by atoms with van der Waals surface area (Å²) in [5.74, 6) is 0. The zero-order valence-electron chi connectivity index (χ0n) is 4.59. The number of nitrogens with two attached hydrogens (primary N) is 1. The van der Waals surface area contributed by atoms with Gasteiger partial charge in [-0.3, -0.25) is 0 Å². The predicted octanol–water partition coefficient (Wildman–Crippen LogP) is 0.363. The van der Waals surface area contributed by atoms with Crippen molar-refractivity contribution < 1.29 is 5.11 Å². The third-order valence-corrected chi connectivity index (χ3v) is 1.23. The van der Waals surface area contributed by atoms with Crippen LogP contribution in [0.2, 0.25) is 0 Å². The molecule has 44 valence electrons. The largest absolute Gasteiger partial charge is 0.383 e. The fourth-order valence-corrected chi connectivity index (χ4v) is 0.932. The summed E-state index contributed by atoms with van der Waals surface area (Å²) in [5.41, 5.74) is 4.96. The van der Waals surface area contributed by atoms with Crippen LogP contribution >= 0.6 is 11.8 Å². The van der Waals surface area contributed by atoms with Gasteiger partial charge in [0.05, 0.1) is 10.8 Å². The molecule has 0 saturated heterocycles. The van der Waals surface area contributed by atoms with E-state index in [2.05, 4.69) is 0 Å². The Labute approximate surface area is 48.1 Å². The Kier molecular flexibility index (Phi) is 3.42. The number of hydrogen-bond donors (Lipinski definition) is 2. The van der Waals surface area contributed by atoms with Crippen LogP contribution in [0.3, 0.4) is 0 Å². The first-order valence-electron chi connectivity index (χ1n) is 2.22. The average molecular weight is 121 g/mol. The summed E-state index contributed by atoms with van der Waals surface area (Å²) in [7, 11) is 0. The summed E-state index contributed by atoms with van der Waals surface area (Å²) < 4.78 is 0. The zero-order chi connectivity index (χ0) is 5.86. The normalized spacial score (nSPS) is 18.9. The number of rotatable bonds is 2. The minimum Gasteiger partial charge on any atom is -0.383 e. The van der Waals surface area contributed by atoms with Crippen molar-refractivity contribution in [2.45, 2.75) is 24.7 Å². The third kappa shape index (κ3) is 6.27. The predicted molar refractivity (Wildman–Crippen MR) is 32.9 cm³/mol. The molecule has 0 aromatic carbocycles. The highest BCUT2D eigenvalue weighted by Gasteiger charge is 1.97. The molecule has 3 N–H and O–H groups in total. The van der Waals surface area contributed by atoms with Crippen molar-refractivity contribution in [3.8, 4) is 0 Å². The SMILES string of the molecule is CC(N)SC(C)O. The molecule has 0 aliphatic rings. The van der Waals surface area contributed by atoms with E-state index in [1.807, 2.05) is 6.92 Å². The average Bonchev–Trinajstić information content (AvgIpc) is 1.27. The molecule has 3 heteroatoms. The molecule has 0 aliphatic heterocycles. The van der Waals surface area contributed by atoms with Crippen LogP contribution in [0.15, 0.2) is 0 Å². The van der Waals surface area contributed by atoms with Crippen molar-refractivity contribution in [1.29, 1.82) is 0 Å². The summed E-state index contributed by atoms with van der Waals surface area (Å²) in [6.07, 6.45) is 0. The zero-order valence-corrected chi connectivity index (χ0v) is 5.40. The molecule has 0 aliphatic carbocycles. The maximum Gasteiger partial charge on any atom is 0.0979 e. The van der Waals surface area contributed by atoms with Crippen molar-refractivity contribution >= 4 is 11.8 Å². The summed E-state index contributed by atoms with van der Waals surface area (Å²) in [6.45, 7) is 3.55. The van der Waals surface area contributed by atoms with E-state index < -0.39 is 0 Å². The standard InChI is InChI=1S/C4H11NOS/c1-3(5)7-4(2)6/h3-4,6H,5H2,1-2H3. The molecule has 0 aromatic rings. The van der Waals surface area contributed by atoms with Gasteiger partial charge in [0.15, 0.2) is 0 Å². The molecule has 0 bridgehead atoms. The highest BCUT2D eigenvalue weighted by molar-refractivity contribution is 8.00. The van der Waals surface area contributed by atoms with Crippen LogP contribution in [0.1, 0.15) is 13.8 Å². The number of hydrogen-bond acceptors (Lipinski definition) is 3. The van der Waals surface area contributed by atoms with Gasteiger partial charge in [-0.25, -0.2) is 0 Å². The lowest BCUT2D eigenvalue weighted by molar-refractivity contribution is 0.283. The molecule has 0 spiro atoms. The second-order valence-corrected chi connectivity index (χ2v) is 3.14. The minimum atomic E-state index is -0.333. The Balaban J connectivity index is 2.95. The van der Waals surface area contributed by atoms with Crippen LogP contribution in [0, 0.1) is 0 Å². The highest BCUT2D eigenvalue weighted by Crippen LogP contribution is 2.08. The molecular weight excluding hydrogens is 110 g/mol. The van der Waals surface area contributed by atoms with E-state index in [0.717, 1.165) is 0 Å². The fourth-order valence-electron chi connectivity index (χ4n) is 0.311. The monoisotopic (exact) mass is 121 g/mol. The van der Waals surface area contributed by atoms with Gasteiger partial charge in [0.1, 0.15) is 0 Å². The van der Waals surface area contributed by atoms with E-state index in [4.69, 9.17) is 10.8 Å². The first-order valence-corrected chi connectivity index (χ1v) is 3.16. The Morgan fingerprint density at radius 3 is 2.00 bits per heavy atom. The first-order chi connectivity index (χ1) is 3.13. The van der Waals surface area contributed by atoms with Crippen LogP contribution in [-0.2, 0) is 0 Å². The van der Waals surface area contributed by atoms with E-state index >= 15 is 0 Å². The molecule has 2 unspecified atom stereocenters. The van der Waals surface area contributed by atoms with Crippen molar-refractivity contribution in [3.63, 3.8) is 0 Å². The number of thioether (sulfide) groups is 1. The summed E-state index contributed by atoms with van der Waals surface area (Å²) >= 11 is 1.34. The van der Waals surface area contributed by atoms with E-state index in [1.54, 1.807) is 6.92 Å². The van der Waals surface area contributed by atoms with Crippen LogP contribution in [-0.4, -0.2) is 15.9 Å². The molecule has 0 aromatic heterocycles. The Hall–Kier alpha value is 0.270. The molecular formula is C4H11NOS. The van der Waals surface area contributed by atoms with Crippen LogP contribution in [0.25, 0.3) is 0 Å². The summed E-state index contributed by atoms with van der Waals surface area (Å²) in [5, 5.41) is 8.65. The van der Waals surface area contributed by atoms with Gasteiger partial charge < -0.3 is 10.8 Å². The Morgan fingerprint density at radius 1 is 1.57 bits per heavy atom. The molecule has 0 saturated carbocycles. The molecule has 0 fully saturated rings. The molecule has 7 heavy (non-hydrogen) atoms. The van der Waals surface area contributed by atoms with Crippen molar-refractivity contribution in [1.82, 2.24) is 0 Å². The lowest BCUT2D eigenvalue weighted by Crippen LogP contribution is -2.13. The van der Waals surface area contributed by atoms with E-state index in [-0.39, 0.29) is 10.8 Å². The molecule has 0 rings (SSSR count). The number of aliphatic hydroxyl groups is 1. The van der Waals surface area contributed by atoms with Crippen LogP contribution < -0.4 is 5.73 Å². The second-order valence-electron chi connectivity index (χ2n) is 1.44. The quantitative estimate of drug-likeness (QED) is 0.519. The summed E-state index contributed by atoms with van der Waals surface area (Å²) in [6, 6.07) is 0. The molecule has 0 heterocycles. The molecule has 0 amide bonds. The van der Waals surface area contributed by atoms with E-state index in [9.17, 15) is 0 Å². The smallest absolute Gasteiger partial charge is 0.0979 e. The minimum absolute atomic E-state index is 0.0417. The Bertz CT molecular complexity index is 41.0. The van der Waals surface area contributed by atoms with Crippen molar-refractivity contribution in [3.05, 3.63) is 0 Å². The molecule has 2 nitrogen and oxygen atoms in total. The molecule has 2 atom stereocenters. The van der Waals surface area contributed by atoms with Crippen molar-refractivity contribution in [2.75, 3.05) is 0 Å². The highest BCUT2D eigenvalue weighted by atomic mass is 32.2. The van der Waals surface area contributed by atoms with Gasteiger partial charge >= 0.3 is 0 Å².